The second-order valence-corrected chi connectivity index (χ2v) is 11.0. The Balaban J connectivity index is 1.92. The SMILES string of the molecule is C[C@H]1NC(=O)[C@@H](CCCN=C(N)N)NC(=O)[C@H](CCCN=C(N)N)NC(=O)[C@H](Cc2ccc3ccccc3c2)NC(=O)CNC1=O. The second kappa shape index (κ2) is 17.2. The summed E-state index contributed by atoms with van der Waals surface area (Å²) in [5.41, 5.74) is 22.4. The Morgan fingerprint density at radius 1 is 0.696 bits per heavy atom. The van der Waals surface area contributed by atoms with Crippen molar-refractivity contribution in [3.05, 3.63) is 48.0 Å². The predicted octanol–water partition coefficient (Wildman–Crippen LogP) is -2.42. The number of amides is 5. The van der Waals surface area contributed by atoms with Crippen molar-refractivity contribution < 1.29 is 24.0 Å². The molecule has 3 rings (SSSR count). The van der Waals surface area contributed by atoms with Crippen LogP contribution in [0.3, 0.4) is 0 Å². The maximum Gasteiger partial charge on any atom is 0.243 e. The van der Waals surface area contributed by atoms with Gasteiger partial charge in [0.2, 0.25) is 29.5 Å². The maximum absolute atomic E-state index is 13.7. The van der Waals surface area contributed by atoms with Gasteiger partial charge in [-0.1, -0.05) is 42.5 Å². The normalized spacial score (nSPS) is 21.4. The number of hydrogen-bond donors (Lipinski definition) is 9. The zero-order valence-corrected chi connectivity index (χ0v) is 25.8. The summed E-state index contributed by atoms with van der Waals surface area (Å²) in [7, 11) is 0. The van der Waals surface area contributed by atoms with Gasteiger partial charge >= 0.3 is 0 Å². The van der Waals surface area contributed by atoms with Crippen molar-refractivity contribution in [2.45, 2.75) is 63.2 Å². The molecule has 16 nitrogen and oxygen atoms in total. The molecule has 1 heterocycles. The molecule has 0 unspecified atom stereocenters. The minimum Gasteiger partial charge on any atom is -0.370 e. The zero-order valence-electron chi connectivity index (χ0n) is 25.8. The smallest absolute Gasteiger partial charge is 0.243 e. The number of guanidine groups is 2. The van der Waals surface area contributed by atoms with E-state index < -0.39 is 60.2 Å². The van der Waals surface area contributed by atoms with Gasteiger partial charge in [-0.3, -0.25) is 34.0 Å². The number of fused-ring (bicyclic) bond motifs is 1. The van der Waals surface area contributed by atoms with E-state index in [0.717, 1.165) is 16.3 Å². The largest absolute Gasteiger partial charge is 0.370 e. The molecule has 248 valence electrons. The van der Waals surface area contributed by atoms with Crippen molar-refractivity contribution in [2.24, 2.45) is 32.9 Å². The number of carbonyl (C=O) groups is 5. The van der Waals surface area contributed by atoms with Gasteiger partial charge < -0.3 is 49.5 Å². The Morgan fingerprint density at radius 3 is 1.83 bits per heavy atom. The Morgan fingerprint density at radius 2 is 1.24 bits per heavy atom. The summed E-state index contributed by atoms with van der Waals surface area (Å²) in [5, 5.41) is 15.1. The third-order valence-electron chi connectivity index (χ3n) is 7.24. The molecule has 0 bridgehead atoms. The summed E-state index contributed by atoms with van der Waals surface area (Å²) in [6.45, 7) is 1.39. The molecule has 1 aliphatic rings. The number of nitrogens with zero attached hydrogens (tertiary/aromatic N) is 2. The molecule has 4 atom stereocenters. The topological polar surface area (TPSA) is 274 Å². The molecule has 1 saturated heterocycles. The van der Waals surface area contributed by atoms with Crippen LogP contribution in [0.25, 0.3) is 10.8 Å². The highest BCUT2D eigenvalue weighted by molar-refractivity contribution is 5.97. The van der Waals surface area contributed by atoms with Crippen LogP contribution in [0.1, 0.15) is 38.2 Å². The van der Waals surface area contributed by atoms with Gasteiger partial charge in [0.05, 0.1) is 6.54 Å². The molecular formula is C30H43N11O5. The van der Waals surface area contributed by atoms with Crippen LogP contribution in [0, 0.1) is 0 Å². The number of aliphatic imine (C=N–C) groups is 2. The average Bonchev–Trinajstić information content (AvgIpc) is 3.01. The maximum atomic E-state index is 13.7. The van der Waals surface area contributed by atoms with Crippen molar-refractivity contribution in [1.29, 1.82) is 0 Å². The summed E-state index contributed by atoms with van der Waals surface area (Å²) >= 11 is 0. The molecular weight excluding hydrogens is 594 g/mol. The Labute approximate surface area is 266 Å². The van der Waals surface area contributed by atoms with Crippen LogP contribution in [0.5, 0.6) is 0 Å². The molecule has 1 fully saturated rings. The number of carbonyl (C=O) groups excluding carboxylic acids is 5. The van der Waals surface area contributed by atoms with E-state index in [0.29, 0.717) is 12.8 Å². The lowest BCUT2D eigenvalue weighted by molar-refractivity contribution is -0.134. The van der Waals surface area contributed by atoms with E-state index in [1.54, 1.807) is 0 Å². The van der Waals surface area contributed by atoms with Crippen LogP contribution in [-0.2, 0) is 30.4 Å². The van der Waals surface area contributed by atoms with E-state index in [2.05, 4.69) is 36.6 Å². The first-order valence-corrected chi connectivity index (χ1v) is 15.0. The summed E-state index contributed by atoms with van der Waals surface area (Å²) < 4.78 is 0. The van der Waals surface area contributed by atoms with E-state index in [4.69, 9.17) is 22.9 Å². The quantitative estimate of drug-likeness (QED) is 0.0760. The Hall–Kier alpha value is -5.41. The lowest BCUT2D eigenvalue weighted by Crippen LogP contribution is -2.57. The number of rotatable bonds is 10. The first-order chi connectivity index (χ1) is 21.9. The van der Waals surface area contributed by atoms with E-state index >= 15 is 0 Å². The van der Waals surface area contributed by atoms with Crippen LogP contribution >= 0.6 is 0 Å². The molecule has 0 radical (unpaired) electrons. The van der Waals surface area contributed by atoms with Crippen molar-refractivity contribution in [3.63, 3.8) is 0 Å². The number of benzene rings is 2. The second-order valence-electron chi connectivity index (χ2n) is 11.0. The average molecular weight is 638 g/mol. The van der Waals surface area contributed by atoms with Gasteiger partial charge in [-0.2, -0.15) is 0 Å². The van der Waals surface area contributed by atoms with Crippen LogP contribution in [0.4, 0.5) is 0 Å². The first-order valence-electron chi connectivity index (χ1n) is 15.0. The molecule has 1 aliphatic heterocycles. The van der Waals surface area contributed by atoms with Crippen molar-refractivity contribution in [1.82, 2.24) is 26.6 Å². The van der Waals surface area contributed by atoms with Gasteiger partial charge in [0, 0.05) is 19.5 Å². The van der Waals surface area contributed by atoms with Crippen LogP contribution in [-0.4, -0.2) is 85.3 Å². The number of hydrogen-bond acceptors (Lipinski definition) is 7. The highest BCUT2D eigenvalue weighted by Crippen LogP contribution is 2.17. The molecule has 0 saturated carbocycles. The summed E-state index contributed by atoms with van der Waals surface area (Å²) in [4.78, 5) is 74.0. The van der Waals surface area contributed by atoms with Gasteiger partial charge in [0.25, 0.3) is 0 Å². The Kier molecular flexibility index (Phi) is 13.1. The third kappa shape index (κ3) is 11.3. The van der Waals surface area contributed by atoms with E-state index in [-0.39, 0.29) is 44.3 Å². The fourth-order valence-electron chi connectivity index (χ4n) is 4.85. The fourth-order valence-corrected chi connectivity index (χ4v) is 4.85. The van der Waals surface area contributed by atoms with Crippen LogP contribution in [0.2, 0.25) is 0 Å². The van der Waals surface area contributed by atoms with Crippen molar-refractivity contribution in [2.75, 3.05) is 19.6 Å². The standard InChI is InChI=1S/C30H43N11O5/c1-17-25(43)37-16-24(42)39-23(15-18-10-11-19-6-2-3-7-20(19)14-18)28(46)41-22(9-5-13-36-30(33)34)27(45)40-21(26(44)38-17)8-4-12-35-29(31)32/h2-3,6-7,10-11,14,17,21-23H,4-5,8-9,12-13,15-16H2,1H3,(H,37,43)(H,38,44)(H,39,42)(H,40,45)(H,41,46)(H4,31,32,35)(H4,33,34,36)/t17-,21-,22+,23+/m1/s1. The fraction of sp³-hybridized carbons (Fsp3) is 0.433. The highest BCUT2D eigenvalue weighted by atomic mass is 16.2. The van der Waals surface area contributed by atoms with E-state index in [9.17, 15) is 24.0 Å². The lowest BCUT2D eigenvalue weighted by atomic mass is 10.0. The monoisotopic (exact) mass is 637 g/mol. The molecule has 16 heteroatoms. The molecule has 2 aromatic carbocycles. The number of nitrogens with two attached hydrogens (primary N) is 4. The number of nitrogens with one attached hydrogen (secondary N) is 5. The molecule has 46 heavy (non-hydrogen) atoms. The van der Waals surface area contributed by atoms with Crippen molar-refractivity contribution >= 4 is 52.2 Å². The molecule has 2 aromatic rings. The summed E-state index contributed by atoms with van der Waals surface area (Å²) in [5.74, 6) is -3.42. The summed E-state index contributed by atoms with van der Waals surface area (Å²) in [6, 6.07) is 9.04. The summed E-state index contributed by atoms with van der Waals surface area (Å²) in [6.07, 6.45) is 0.980. The first kappa shape index (κ1) is 35.1. The van der Waals surface area contributed by atoms with Crippen molar-refractivity contribution in [3.8, 4) is 0 Å². The van der Waals surface area contributed by atoms with Gasteiger partial charge in [0.1, 0.15) is 24.2 Å². The Bertz CT molecular complexity index is 1470. The van der Waals surface area contributed by atoms with Gasteiger partial charge in [-0.15, -0.1) is 0 Å². The molecule has 0 aliphatic carbocycles. The molecule has 0 aromatic heterocycles. The zero-order chi connectivity index (χ0) is 33.6. The van der Waals surface area contributed by atoms with Gasteiger partial charge in [-0.05, 0) is 48.9 Å². The minimum atomic E-state index is -1.12. The van der Waals surface area contributed by atoms with E-state index in [1.807, 2.05) is 42.5 Å². The van der Waals surface area contributed by atoms with Crippen LogP contribution in [0.15, 0.2) is 52.4 Å². The molecule has 5 amide bonds. The third-order valence-corrected chi connectivity index (χ3v) is 7.24. The molecule has 13 N–H and O–H groups in total. The molecule has 0 spiro atoms. The van der Waals surface area contributed by atoms with Crippen LogP contribution < -0.4 is 49.5 Å². The lowest BCUT2D eigenvalue weighted by Gasteiger charge is -2.25. The predicted molar refractivity (Wildman–Crippen MR) is 174 cm³/mol. The van der Waals surface area contributed by atoms with Gasteiger partial charge in [-0.25, -0.2) is 0 Å². The highest BCUT2D eigenvalue weighted by Gasteiger charge is 2.31. The van der Waals surface area contributed by atoms with E-state index in [1.165, 1.54) is 6.92 Å². The van der Waals surface area contributed by atoms with Gasteiger partial charge in [0.15, 0.2) is 11.9 Å². The minimum absolute atomic E-state index is 0.0998.